The summed E-state index contributed by atoms with van der Waals surface area (Å²) in [7, 11) is 1.66. The first-order valence-corrected chi connectivity index (χ1v) is 9.41. The van der Waals surface area contributed by atoms with Crippen molar-refractivity contribution in [3.8, 4) is 0 Å². The number of nitrogens with zero attached hydrogens (tertiary/aromatic N) is 1. The number of aliphatic imine (C=N–C) groups is 1. The summed E-state index contributed by atoms with van der Waals surface area (Å²) in [5.41, 5.74) is 8.66. The zero-order chi connectivity index (χ0) is 20.8. The Labute approximate surface area is 168 Å². The summed E-state index contributed by atoms with van der Waals surface area (Å²) in [5, 5.41) is 12.9. The molecule has 0 spiro atoms. The molecule has 1 rings (SSSR count). The fourth-order valence-electron chi connectivity index (χ4n) is 2.51. The minimum Gasteiger partial charge on any atom is -0.396 e. The molecule has 0 aromatic heterocycles. The number of aliphatic hydroxyl groups excluding tert-OH is 1. The Morgan fingerprint density at radius 2 is 1.93 bits per heavy atom. The topological polar surface area (TPSA) is 87.7 Å². The average molecular weight is 394 g/mol. The van der Waals surface area contributed by atoms with Gasteiger partial charge in [-0.1, -0.05) is 44.0 Å². The van der Waals surface area contributed by atoms with Crippen LogP contribution >= 0.6 is 11.6 Å². The molecular formula is C21H32ClN3O2. The highest BCUT2D eigenvalue weighted by molar-refractivity contribution is 6.30. The van der Waals surface area contributed by atoms with Crippen molar-refractivity contribution in [2.45, 2.75) is 39.7 Å². The molecular weight excluding hydrogens is 362 g/mol. The maximum Gasteiger partial charge on any atom is 0.267 e. The highest BCUT2D eigenvalue weighted by Crippen LogP contribution is 2.18. The largest absolute Gasteiger partial charge is 0.396 e. The molecule has 0 aliphatic carbocycles. The number of rotatable bonds is 9. The molecule has 150 valence electrons. The number of nitrogens with two attached hydrogens (primary N) is 1. The Hall–Kier alpha value is -2.11. The minimum absolute atomic E-state index is 0.0397. The van der Waals surface area contributed by atoms with Crippen LogP contribution in [0.3, 0.4) is 0 Å². The quantitative estimate of drug-likeness (QED) is 0.338. The molecule has 0 bridgehead atoms. The lowest BCUT2D eigenvalue weighted by atomic mass is 9.93. The van der Waals surface area contributed by atoms with E-state index in [9.17, 15) is 9.90 Å². The zero-order valence-corrected chi connectivity index (χ0v) is 17.4. The van der Waals surface area contributed by atoms with Gasteiger partial charge in [-0.3, -0.25) is 9.79 Å². The molecule has 1 unspecified atom stereocenters. The lowest BCUT2D eigenvalue weighted by Crippen LogP contribution is -2.32. The van der Waals surface area contributed by atoms with E-state index in [4.69, 9.17) is 17.3 Å². The minimum atomic E-state index is -0.327. The van der Waals surface area contributed by atoms with Crippen LogP contribution in [0.5, 0.6) is 0 Å². The summed E-state index contributed by atoms with van der Waals surface area (Å²) in [4.78, 5) is 16.7. The number of unbranched alkanes of at least 4 members (excludes halogenated alkanes) is 1. The van der Waals surface area contributed by atoms with Crippen LogP contribution < -0.4 is 11.1 Å². The predicted octanol–water partition coefficient (Wildman–Crippen LogP) is 3.86. The van der Waals surface area contributed by atoms with Crippen LogP contribution in [0.25, 0.3) is 0 Å². The third-order valence-electron chi connectivity index (χ3n) is 4.01. The molecule has 1 aromatic carbocycles. The van der Waals surface area contributed by atoms with Crippen LogP contribution in [0.4, 0.5) is 0 Å². The number of carbonyl (C=O) groups excluding carboxylic acids is 1. The SMILES string of the molecule is C=C.CCCC/C(C(=NC)C(C)CO)=C(/N)C(=O)NCc1ccc(Cl)cc1. The van der Waals surface area contributed by atoms with Crippen LogP contribution in [0.2, 0.25) is 5.02 Å². The van der Waals surface area contributed by atoms with Crippen LogP contribution in [0.1, 0.15) is 38.7 Å². The maximum absolute atomic E-state index is 12.5. The second-order valence-corrected chi connectivity index (χ2v) is 6.43. The molecule has 6 heteroatoms. The third-order valence-corrected chi connectivity index (χ3v) is 4.26. The number of aliphatic hydroxyl groups is 1. The Kier molecular flexibility index (Phi) is 12.9. The highest BCUT2D eigenvalue weighted by Gasteiger charge is 2.20. The van der Waals surface area contributed by atoms with Gasteiger partial charge in [0.05, 0.1) is 6.61 Å². The molecule has 0 saturated carbocycles. The number of hydrogen-bond donors (Lipinski definition) is 3. The van der Waals surface area contributed by atoms with E-state index in [1.165, 1.54) is 0 Å². The van der Waals surface area contributed by atoms with Gasteiger partial charge in [-0.15, -0.1) is 13.2 Å². The average Bonchev–Trinajstić information content (AvgIpc) is 2.70. The Morgan fingerprint density at radius 1 is 1.33 bits per heavy atom. The highest BCUT2D eigenvalue weighted by atomic mass is 35.5. The number of carbonyl (C=O) groups is 1. The fraction of sp³-hybridized carbons (Fsp3) is 0.429. The first-order valence-electron chi connectivity index (χ1n) is 9.03. The first kappa shape index (κ1) is 24.9. The predicted molar refractivity (Wildman–Crippen MR) is 115 cm³/mol. The Morgan fingerprint density at radius 3 is 2.41 bits per heavy atom. The second kappa shape index (κ2) is 14.0. The lowest BCUT2D eigenvalue weighted by Gasteiger charge is -2.18. The molecule has 5 nitrogen and oxygen atoms in total. The van der Waals surface area contributed by atoms with Crippen LogP contribution in [-0.2, 0) is 11.3 Å². The fourth-order valence-corrected chi connectivity index (χ4v) is 2.64. The molecule has 1 atom stereocenters. The molecule has 0 fully saturated rings. The number of allylic oxidation sites excluding steroid dienone is 1. The Bertz CT molecular complexity index is 639. The van der Waals surface area contributed by atoms with Gasteiger partial charge < -0.3 is 16.2 Å². The lowest BCUT2D eigenvalue weighted by molar-refractivity contribution is -0.117. The van der Waals surface area contributed by atoms with E-state index in [0.29, 0.717) is 23.7 Å². The summed E-state index contributed by atoms with van der Waals surface area (Å²) in [5.74, 6) is -0.494. The summed E-state index contributed by atoms with van der Waals surface area (Å²) < 4.78 is 0. The van der Waals surface area contributed by atoms with E-state index < -0.39 is 0 Å². The molecule has 1 aromatic rings. The van der Waals surface area contributed by atoms with Gasteiger partial charge in [-0.2, -0.15) is 0 Å². The molecule has 0 saturated heterocycles. The van der Waals surface area contributed by atoms with Crippen LogP contribution in [0.15, 0.2) is 53.7 Å². The van der Waals surface area contributed by atoms with E-state index in [1.54, 1.807) is 19.2 Å². The van der Waals surface area contributed by atoms with E-state index in [2.05, 4.69) is 30.4 Å². The van der Waals surface area contributed by atoms with Crippen molar-refractivity contribution >= 4 is 23.2 Å². The number of hydrogen-bond acceptors (Lipinski definition) is 4. The smallest absolute Gasteiger partial charge is 0.267 e. The van der Waals surface area contributed by atoms with Crippen molar-refractivity contribution in [2.24, 2.45) is 16.6 Å². The monoisotopic (exact) mass is 393 g/mol. The second-order valence-electron chi connectivity index (χ2n) is 6.00. The summed E-state index contributed by atoms with van der Waals surface area (Å²) in [6.45, 7) is 10.3. The normalized spacial score (nSPS) is 13.1. The van der Waals surface area contributed by atoms with Gasteiger partial charge in [0.15, 0.2) is 0 Å². The Balaban J connectivity index is 0.00000326. The first-order chi connectivity index (χ1) is 12.9. The van der Waals surface area contributed by atoms with Gasteiger partial charge in [-0.05, 0) is 30.5 Å². The number of amides is 1. The van der Waals surface area contributed by atoms with Crippen molar-refractivity contribution in [1.82, 2.24) is 5.32 Å². The van der Waals surface area contributed by atoms with Gasteiger partial charge in [0, 0.05) is 35.8 Å². The van der Waals surface area contributed by atoms with Gasteiger partial charge >= 0.3 is 0 Å². The molecule has 0 heterocycles. The third kappa shape index (κ3) is 8.41. The van der Waals surface area contributed by atoms with Crippen LogP contribution in [0, 0.1) is 5.92 Å². The van der Waals surface area contributed by atoms with Gasteiger partial charge in [-0.25, -0.2) is 0 Å². The molecule has 1 amide bonds. The summed E-state index contributed by atoms with van der Waals surface area (Å²) in [6.07, 6.45) is 2.54. The number of nitrogens with one attached hydrogen (secondary N) is 1. The van der Waals surface area contributed by atoms with Gasteiger partial charge in [0.25, 0.3) is 5.91 Å². The zero-order valence-electron chi connectivity index (χ0n) is 16.6. The van der Waals surface area contributed by atoms with E-state index in [0.717, 1.165) is 24.0 Å². The maximum atomic E-state index is 12.5. The van der Waals surface area contributed by atoms with Crippen molar-refractivity contribution in [1.29, 1.82) is 0 Å². The van der Waals surface area contributed by atoms with E-state index in [1.807, 2.05) is 19.1 Å². The summed E-state index contributed by atoms with van der Waals surface area (Å²) >= 11 is 5.86. The number of benzene rings is 1. The van der Waals surface area contributed by atoms with Crippen molar-refractivity contribution in [2.75, 3.05) is 13.7 Å². The van der Waals surface area contributed by atoms with Gasteiger partial charge in [0.1, 0.15) is 5.70 Å². The molecule has 27 heavy (non-hydrogen) atoms. The molecule has 4 N–H and O–H groups in total. The van der Waals surface area contributed by atoms with E-state index in [-0.39, 0.29) is 24.1 Å². The summed E-state index contributed by atoms with van der Waals surface area (Å²) in [6, 6.07) is 7.26. The van der Waals surface area contributed by atoms with Crippen molar-refractivity contribution in [3.05, 3.63) is 59.3 Å². The molecule has 0 aliphatic rings. The van der Waals surface area contributed by atoms with Crippen molar-refractivity contribution in [3.63, 3.8) is 0 Å². The standard InChI is InChI=1S/C19H28ClN3O2.C2H4/c1-4-5-6-16(18(22-3)13(2)12-24)17(21)19(25)23-11-14-7-9-15(20)10-8-14;1-2/h7-10,13,24H,4-6,11-12,21H2,1-3H3,(H,23,25);1-2H2/b17-16-,22-18?;. The van der Waals surface area contributed by atoms with Gasteiger partial charge in [0.2, 0.25) is 0 Å². The number of halogens is 1. The van der Waals surface area contributed by atoms with E-state index >= 15 is 0 Å². The van der Waals surface area contributed by atoms with Crippen molar-refractivity contribution < 1.29 is 9.90 Å². The van der Waals surface area contributed by atoms with Crippen LogP contribution in [-0.4, -0.2) is 30.4 Å². The molecule has 0 radical (unpaired) electrons. The molecule has 0 aliphatic heterocycles.